The number of nitrogens with zero attached hydrogens (tertiary/aromatic N) is 1. The summed E-state index contributed by atoms with van der Waals surface area (Å²) >= 11 is 0. The summed E-state index contributed by atoms with van der Waals surface area (Å²) in [5, 5.41) is 0. The van der Waals surface area contributed by atoms with Gasteiger partial charge in [0.1, 0.15) is 0 Å². The molecule has 23 heavy (non-hydrogen) atoms. The van der Waals surface area contributed by atoms with Gasteiger partial charge >= 0.3 is 12.8 Å². The smallest absolute Gasteiger partial charge is 0.407 e. The highest BCUT2D eigenvalue weighted by Gasteiger charge is 2.22. The molecule has 8 heteroatoms. The monoisotopic (exact) mass is 318 g/mol. The van der Waals surface area contributed by atoms with Crippen LogP contribution in [0.15, 0.2) is 40.1 Å². The van der Waals surface area contributed by atoms with E-state index in [2.05, 4.69) is 0 Å². The molecule has 0 unspecified atom stereocenters. The maximum Gasteiger partial charge on any atom is 0.493 e. The van der Waals surface area contributed by atoms with Gasteiger partial charge in [-0.2, -0.15) is 4.39 Å². The third kappa shape index (κ3) is 3.78. The van der Waals surface area contributed by atoms with Gasteiger partial charge in [0, 0.05) is 13.2 Å². The number of aromatic amines is 1. The number of H-pyrrole nitrogens is 1. The minimum Gasteiger partial charge on any atom is -0.407 e. The van der Waals surface area contributed by atoms with Gasteiger partial charge in [-0.25, -0.2) is 4.79 Å². The highest BCUT2D eigenvalue weighted by molar-refractivity contribution is 6.61. The van der Waals surface area contributed by atoms with Crippen molar-refractivity contribution in [2.45, 2.75) is 19.4 Å². The van der Waals surface area contributed by atoms with Crippen LogP contribution in [0, 0.1) is 5.82 Å². The quantitative estimate of drug-likeness (QED) is 0.823. The first-order valence-corrected chi connectivity index (χ1v) is 7.45. The lowest BCUT2D eigenvalue weighted by Crippen LogP contribution is -2.36. The fraction of sp³-hybridized carbons (Fsp3) is 0.333. The first kappa shape index (κ1) is 15.7. The van der Waals surface area contributed by atoms with Crippen molar-refractivity contribution in [2.24, 2.45) is 0 Å². The van der Waals surface area contributed by atoms with E-state index >= 15 is 0 Å². The van der Waals surface area contributed by atoms with Crippen molar-refractivity contribution in [2.75, 3.05) is 13.2 Å². The Labute approximate surface area is 132 Å². The Morgan fingerprint density at radius 1 is 1.13 bits per heavy atom. The van der Waals surface area contributed by atoms with Crippen molar-refractivity contribution >= 4 is 12.6 Å². The summed E-state index contributed by atoms with van der Waals surface area (Å²) < 4.78 is 25.6. The summed E-state index contributed by atoms with van der Waals surface area (Å²) in [6.45, 7) is 1.50. The molecule has 1 fully saturated rings. The molecule has 6 nitrogen and oxygen atoms in total. The molecule has 1 aliphatic rings. The van der Waals surface area contributed by atoms with Crippen LogP contribution >= 0.6 is 0 Å². The number of aromatic nitrogens is 2. The number of halogens is 1. The van der Waals surface area contributed by atoms with Crippen LogP contribution < -0.4 is 16.7 Å². The molecule has 0 amide bonds. The number of rotatable bonds is 3. The van der Waals surface area contributed by atoms with Gasteiger partial charge in [-0.1, -0.05) is 24.3 Å². The summed E-state index contributed by atoms with van der Waals surface area (Å²) in [6.07, 6.45) is 2.87. The van der Waals surface area contributed by atoms with Crippen molar-refractivity contribution in [3.05, 3.63) is 62.7 Å². The average molecular weight is 318 g/mol. The maximum atomic E-state index is 13.3. The van der Waals surface area contributed by atoms with Crippen LogP contribution in [0.1, 0.15) is 18.4 Å². The molecule has 1 N–H and O–H groups in total. The molecule has 2 heterocycles. The summed E-state index contributed by atoms with van der Waals surface area (Å²) in [6, 6.07) is 7.36. The van der Waals surface area contributed by atoms with E-state index in [1.54, 1.807) is 0 Å². The highest BCUT2D eigenvalue weighted by Crippen LogP contribution is 2.05. The van der Waals surface area contributed by atoms with E-state index in [1.807, 2.05) is 29.2 Å². The molecule has 0 bridgehead atoms. The molecule has 1 aliphatic heterocycles. The first-order chi connectivity index (χ1) is 11.1. The maximum absolute atomic E-state index is 13.3. The number of benzene rings is 1. The van der Waals surface area contributed by atoms with E-state index in [9.17, 15) is 14.0 Å². The molecule has 1 saturated heterocycles. The molecule has 3 rings (SSSR count). The molecular formula is C15H16BFN2O4. The predicted octanol–water partition coefficient (Wildman–Crippen LogP) is 0.246. The van der Waals surface area contributed by atoms with Gasteiger partial charge in [-0.15, -0.1) is 0 Å². The Hall–Kier alpha value is -2.19. The summed E-state index contributed by atoms with van der Waals surface area (Å²) in [7, 11) is -0.375. The van der Waals surface area contributed by atoms with Gasteiger partial charge in [0.15, 0.2) is 0 Å². The Balaban J connectivity index is 1.76. The van der Waals surface area contributed by atoms with Gasteiger partial charge in [0.05, 0.1) is 12.7 Å². The summed E-state index contributed by atoms with van der Waals surface area (Å²) in [5.74, 6) is -0.985. The summed E-state index contributed by atoms with van der Waals surface area (Å²) in [5.41, 5.74) is 0.0479. The second-order valence-electron chi connectivity index (χ2n) is 5.39. The fourth-order valence-corrected chi connectivity index (χ4v) is 2.40. The van der Waals surface area contributed by atoms with Crippen LogP contribution in [0.2, 0.25) is 0 Å². The lowest BCUT2D eigenvalue weighted by Gasteiger charge is -2.12. The van der Waals surface area contributed by atoms with E-state index in [1.165, 1.54) is 0 Å². The van der Waals surface area contributed by atoms with Gasteiger partial charge < -0.3 is 9.31 Å². The van der Waals surface area contributed by atoms with Crippen molar-refractivity contribution in [3.63, 3.8) is 0 Å². The third-order valence-electron chi connectivity index (χ3n) is 3.65. The van der Waals surface area contributed by atoms with Crippen molar-refractivity contribution in [1.29, 1.82) is 0 Å². The van der Waals surface area contributed by atoms with Crippen molar-refractivity contribution in [1.82, 2.24) is 9.55 Å². The zero-order valence-corrected chi connectivity index (χ0v) is 12.5. The average Bonchev–Trinajstić information content (AvgIpc) is 2.82. The topological polar surface area (TPSA) is 73.3 Å². The van der Waals surface area contributed by atoms with Crippen LogP contribution in [0.4, 0.5) is 4.39 Å². The molecule has 120 valence electrons. The highest BCUT2D eigenvalue weighted by atomic mass is 19.1. The molecule has 0 radical (unpaired) electrons. The lowest BCUT2D eigenvalue weighted by atomic mass is 9.78. The molecule has 0 atom stereocenters. The minimum atomic E-state index is -1.01. The normalized spacial score (nSPS) is 15.4. The molecule has 2 aromatic rings. The summed E-state index contributed by atoms with van der Waals surface area (Å²) in [4.78, 5) is 24.6. The van der Waals surface area contributed by atoms with Crippen molar-refractivity contribution in [3.8, 4) is 0 Å². The third-order valence-corrected chi connectivity index (χ3v) is 3.65. The SMILES string of the molecule is O=c1[nH]c(=O)n(Cc2ccc(B3OCCCCO3)cc2)cc1F. The second kappa shape index (κ2) is 6.93. The Morgan fingerprint density at radius 2 is 1.78 bits per heavy atom. The predicted molar refractivity (Wildman–Crippen MR) is 83.4 cm³/mol. The van der Waals surface area contributed by atoms with Crippen LogP contribution in [0.3, 0.4) is 0 Å². The minimum absolute atomic E-state index is 0.166. The van der Waals surface area contributed by atoms with Gasteiger partial charge in [0.2, 0.25) is 5.82 Å². The Bertz CT molecular complexity index is 779. The zero-order chi connectivity index (χ0) is 16.2. The molecule has 0 aliphatic carbocycles. The largest absolute Gasteiger partial charge is 0.493 e. The van der Waals surface area contributed by atoms with E-state index in [-0.39, 0.29) is 13.7 Å². The molecular weight excluding hydrogens is 302 g/mol. The number of hydrogen-bond acceptors (Lipinski definition) is 4. The van der Waals surface area contributed by atoms with Gasteiger partial charge in [-0.3, -0.25) is 14.3 Å². The standard InChI is InChI=1S/C15H16BFN2O4/c17-13-10-19(15(21)18-14(13)20)9-11-3-5-12(6-4-11)16-22-7-1-2-8-23-16/h3-6,10H,1-2,7-9H2,(H,18,20,21). The zero-order valence-electron chi connectivity index (χ0n) is 12.5. The second-order valence-corrected chi connectivity index (χ2v) is 5.39. The van der Waals surface area contributed by atoms with Crippen LogP contribution in [-0.2, 0) is 15.9 Å². The van der Waals surface area contributed by atoms with Crippen LogP contribution in [0.5, 0.6) is 0 Å². The Kier molecular flexibility index (Phi) is 4.73. The van der Waals surface area contributed by atoms with E-state index in [0.717, 1.165) is 34.6 Å². The molecule has 0 spiro atoms. The van der Waals surface area contributed by atoms with E-state index in [4.69, 9.17) is 9.31 Å². The molecule has 1 aromatic heterocycles. The lowest BCUT2D eigenvalue weighted by molar-refractivity contribution is 0.247. The van der Waals surface area contributed by atoms with Crippen LogP contribution in [-0.4, -0.2) is 29.9 Å². The van der Waals surface area contributed by atoms with E-state index in [0.29, 0.717) is 13.2 Å². The number of hydrogen-bond donors (Lipinski definition) is 1. The Morgan fingerprint density at radius 3 is 2.43 bits per heavy atom. The van der Waals surface area contributed by atoms with Crippen LogP contribution in [0.25, 0.3) is 0 Å². The fourth-order valence-electron chi connectivity index (χ4n) is 2.40. The van der Waals surface area contributed by atoms with Crippen molar-refractivity contribution < 1.29 is 13.7 Å². The van der Waals surface area contributed by atoms with E-state index < -0.39 is 17.1 Å². The number of nitrogens with one attached hydrogen (secondary N) is 1. The molecule has 1 aromatic carbocycles. The first-order valence-electron chi connectivity index (χ1n) is 7.45. The van der Waals surface area contributed by atoms with Gasteiger partial charge in [0.25, 0.3) is 5.56 Å². The molecule has 0 saturated carbocycles. The van der Waals surface area contributed by atoms with Gasteiger partial charge in [-0.05, 0) is 23.9 Å².